The lowest BCUT2D eigenvalue weighted by Gasteiger charge is -2.16. The van der Waals surface area contributed by atoms with Crippen molar-refractivity contribution in [3.05, 3.63) is 23.8 Å². The number of hydrogen-bond acceptors (Lipinski definition) is 4. The number of nitriles is 1. The molecule has 0 saturated heterocycles. The number of nitrogens with two attached hydrogens (primary N) is 1. The number of alkyl halides is 3. The minimum absolute atomic E-state index is 0.151. The smallest absolute Gasteiger partial charge is 0.397 e. The first kappa shape index (κ1) is 13.1. The number of nitrogen functional groups attached to an aromatic ring is 1. The predicted octanol–water partition coefficient (Wildman–Crippen LogP) is 1.48. The highest BCUT2D eigenvalue weighted by Crippen LogP contribution is 2.23. The second-order valence-corrected chi connectivity index (χ2v) is 3.35. The Morgan fingerprint density at radius 3 is 2.59 bits per heavy atom. The fourth-order valence-electron chi connectivity index (χ4n) is 1.12. The van der Waals surface area contributed by atoms with Crippen LogP contribution >= 0.6 is 0 Å². The van der Waals surface area contributed by atoms with Crippen LogP contribution in [0.15, 0.2) is 18.2 Å². The molecule has 0 spiro atoms. The van der Waals surface area contributed by atoms with E-state index in [1.165, 1.54) is 18.2 Å². The Bertz CT molecular complexity index is 439. The quantitative estimate of drug-likeness (QED) is 0.704. The maximum atomic E-state index is 12.0. The van der Waals surface area contributed by atoms with Crippen molar-refractivity contribution in [1.29, 1.82) is 5.26 Å². The van der Waals surface area contributed by atoms with Gasteiger partial charge in [-0.15, -0.1) is 0 Å². The number of benzene rings is 1. The minimum Gasteiger partial charge on any atom is -0.397 e. The monoisotopic (exact) mass is 245 g/mol. The molecule has 92 valence electrons. The zero-order valence-electron chi connectivity index (χ0n) is 8.62. The summed E-state index contributed by atoms with van der Waals surface area (Å²) in [5.41, 5.74) is 6.22. The molecule has 0 aliphatic rings. The Morgan fingerprint density at radius 1 is 1.47 bits per heavy atom. The van der Waals surface area contributed by atoms with Gasteiger partial charge >= 0.3 is 6.18 Å². The summed E-state index contributed by atoms with van der Waals surface area (Å²) in [7, 11) is 0. The van der Waals surface area contributed by atoms with Crippen LogP contribution < -0.4 is 11.1 Å². The van der Waals surface area contributed by atoms with Crippen molar-refractivity contribution in [2.24, 2.45) is 0 Å². The molecule has 1 unspecified atom stereocenters. The van der Waals surface area contributed by atoms with Crippen LogP contribution in [0.3, 0.4) is 0 Å². The highest BCUT2D eigenvalue weighted by Gasteiger charge is 2.37. The summed E-state index contributed by atoms with van der Waals surface area (Å²) < 4.78 is 36.0. The third-order valence-electron chi connectivity index (χ3n) is 2.04. The molecule has 1 aromatic carbocycles. The number of rotatable bonds is 3. The predicted molar refractivity (Wildman–Crippen MR) is 56.1 cm³/mol. The molecule has 0 bridgehead atoms. The lowest BCUT2D eigenvalue weighted by molar-refractivity contribution is -0.198. The Balaban J connectivity index is 2.68. The van der Waals surface area contributed by atoms with E-state index in [1.54, 1.807) is 0 Å². The van der Waals surface area contributed by atoms with Gasteiger partial charge in [0.05, 0.1) is 23.0 Å². The molecular weight excluding hydrogens is 235 g/mol. The van der Waals surface area contributed by atoms with Crippen LogP contribution in [0.2, 0.25) is 0 Å². The van der Waals surface area contributed by atoms with E-state index in [-0.39, 0.29) is 11.4 Å². The molecule has 0 radical (unpaired) electrons. The van der Waals surface area contributed by atoms with E-state index in [2.05, 4.69) is 5.32 Å². The zero-order chi connectivity index (χ0) is 13.1. The van der Waals surface area contributed by atoms with Crippen LogP contribution in [0.5, 0.6) is 0 Å². The van der Waals surface area contributed by atoms with Gasteiger partial charge in [-0.1, -0.05) is 0 Å². The van der Waals surface area contributed by atoms with Gasteiger partial charge in [0.15, 0.2) is 6.10 Å². The topological polar surface area (TPSA) is 82.1 Å². The van der Waals surface area contributed by atoms with Crippen molar-refractivity contribution in [2.75, 3.05) is 17.6 Å². The molecule has 1 rings (SSSR count). The normalized spacial score (nSPS) is 12.9. The number of anilines is 2. The largest absolute Gasteiger partial charge is 0.416 e. The van der Waals surface area contributed by atoms with Crippen LogP contribution in [0.1, 0.15) is 5.56 Å². The summed E-state index contributed by atoms with van der Waals surface area (Å²) in [4.78, 5) is 0. The van der Waals surface area contributed by atoms with Crippen LogP contribution in [0.25, 0.3) is 0 Å². The Hall–Kier alpha value is -1.94. The maximum Gasteiger partial charge on any atom is 0.416 e. The van der Waals surface area contributed by atoms with E-state index >= 15 is 0 Å². The van der Waals surface area contributed by atoms with Crippen LogP contribution in [0.4, 0.5) is 24.5 Å². The first-order chi connectivity index (χ1) is 7.84. The first-order valence-electron chi connectivity index (χ1n) is 4.63. The van der Waals surface area contributed by atoms with E-state index in [0.717, 1.165) is 0 Å². The fraction of sp³-hybridized carbons (Fsp3) is 0.300. The second-order valence-electron chi connectivity index (χ2n) is 3.35. The van der Waals surface area contributed by atoms with Crippen LogP contribution in [0, 0.1) is 11.3 Å². The summed E-state index contributed by atoms with van der Waals surface area (Å²) in [5.74, 6) is 0. The zero-order valence-corrected chi connectivity index (χ0v) is 8.62. The van der Waals surface area contributed by atoms with E-state index in [1.807, 2.05) is 6.07 Å². The summed E-state index contributed by atoms with van der Waals surface area (Å²) >= 11 is 0. The molecule has 1 atom stereocenters. The number of halogens is 3. The molecule has 7 heteroatoms. The highest BCUT2D eigenvalue weighted by atomic mass is 19.4. The molecule has 0 saturated carbocycles. The van der Waals surface area contributed by atoms with Gasteiger partial charge in [-0.3, -0.25) is 0 Å². The van der Waals surface area contributed by atoms with E-state index in [4.69, 9.17) is 16.1 Å². The lowest BCUT2D eigenvalue weighted by Crippen LogP contribution is -2.35. The summed E-state index contributed by atoms with van der Waals surface area (Å²) in [6, 6.07) is 5.98. The van der Waals surface area contributed by atoms with Crippen molar-refractivity contribution in [2.45, 2.75) is 12.3 Å². The fourth-order valence-corrected chi connectivity index (χ4v) is 1.12. The van der Waals surface area contributed by atoms with E-state index < -0.39 is 18.8 Å². The van der Waals surface area contributed by atoms with Gasteiger partial charge in [0, 0.05) is 6.54 Å². The van der Waals surface area contributed by atoms with Crippen molar-refractivity contribution in [3.8, 4) is 6.07 Å². The van der Waals surface area contributed by atoms with E-state index in [0.29, 0.717) is 5.56 Å². The third kappa shape index (κ3) is 3.53. The van der Waals surface area contributed by atoms with Crippen molar-refractivity contribution >= 4 is 11.4 Å². The van der Waals surface area contributed by atoms with E-state index in [9.17, 15) is 13.2 Å². The van der Waals surface area contributed by atoms with Crippen LogP contribution in [-0.2, 0) is 0 Å². The maximum absolute atomic E-state index is 12.0. The molecule has 0 heterocycles. The highest BCUT2D eigenvalue weighted by molar-refractivity contribution is 5.68. The molecule has 0 aliphatic heterocycles. The molecule has 4 N–H and O–H groups in total. The second kappa shape index (κ2) is 4.93. The van der Waals surface area contributed by atoms with Gasteiger partial charge in [-0.25, -0.2) is 0 Å². The van der Waals surface area contributed by atoms with Crippen molar-refractivity contribution in [1.82, 2.24) is 0 Å². The number of aliphatic hydroxyl groups excluding tert-OH is 1. The first-order valence-corrected chi connectivity index (χ1v) is 4.63. The van der Waals surface area contributed by atoms with Crippen LogP contribution in [-0.4, -0.2) is 23.9 Å². The standard InChI is InChI=1S/C10H10F3N3O/c11-10(12,13)9(17)5-16-8-2-1-6(4-14)3-7(8)15/h1-3,9,16-17H,5,15H2. The Morgan fingerprint density at radius 2 is 2.12 bits per heavy atom. The number of nitrogens with one attached hydrogen (secondary N) is 1. The molecule has 0 amide bonds. The Kier molecular flexibility index (Phi) is 3.81. The molecule has 0 aliphatic carbocycles. The summed E-state index contributed by atoms with van der Waals surface area (Å²) in [6.07, 6.45) is -7.13. The van der Waals surface area contributed by atoms with Gasteiger partial charge in [0.1, 0.15) is 0 Å². The number of hydrogen-bond donors (Lipinski definition) is 3. The van der Waals surface area contributed by atoms with Gasteiger partial charge < -0.3 is 16.2 Å². The molecule has 1 aromatic rings. The summed E-state index contributed by atoms with van der Waals surface area (Å²) in [6.45, 7) is -0.695. The molecule has 0 aromatic heterocycles. The van der Waals surface area contributed by atoms with Gasteiger partial charge in [-0.2, -0.15) is 18.4 Å². The van der Waals surface area contributed by atoms with Gasteiger partial charge in [-0.05, 0) is 18.2 Å². The lowest BCUT2D eigenvalue weighted by atomic mass is 10.2. The molecule has 0 fully saturated rings. The van der Waals surface area contributed by atoms with Crippen molar-refractivity contribution < 1.29 is 18.3 Å². The van der Waals surface area contributed by atoms with Gasteiger partial charge in [0.25, 0.3) is 0 Å². The number of nitrogens with zero attached hydrogens (tertiary/aromatic N) is 1. The molecule has 4 nitrogen and oxygen atoms in total. The molecule has 17 heavy (non-hydrogen) atoms. The average molecular weight is 245 g/mol. The third-order valence-corrected chi connectivity index (χ3v) is 2.04. The minimum atomic E-state index is -4.67. The Labute approximate surface area is 95.5 Å². The van der Waals surface area contributed by atoms with Crippen molar-refractivity contribution in [3.63, 3.8) is 0 Å². The SMILES string of the molecule is N#Cc1ccc(NCC(O)C(F)(F)F)c(N)c1. The molecular formula is C10H10F3N3O. The van der Waals surface area contributed by atoms with Gasteiger partial charge in [0.2, 0.25) is 0 Å². The summed E-state index contributed by atoms with van der Waals surface area (Å²) in [5, 5.41) is 19.7. The number of aliphatic hydroxyl groups is 1. The average Bonchev–Trinajstić information content (AvgIpc) is 2.25.